The van der Waals surface area contributed by atoms with Gasteiger partial charge in [-0.05, 0) is 45.4 Å². The molecule has 0 aromatic heterocycles. The van der Waals surface area contributed by atoms with E-state index >= 15 is 0 Å². The van der Waals surface area contributed by atoms with Crippen LogP contribution in [-0.2, 0) is 9.53 Å². The fourth-order valence-corrected chi connectivity index (χ4v) is 2.07. The first kappa shape index (κ1) is 18.3. The monoisotopic (exact) mass is 326 g/mol. The Balaban J connectivity index is 2.69. The lowest BCUT2D eigenvalue weighted by Crippen LogP contribution is -2.40. The van der Waals surface area contributed by atoms with Crippen molar-refractivity contribution in [2.75, 3.05) is 18.0 Å². The number of amides is 2. The Kier molecular flexibility index (Phi) is 6.23. The highest BCUT2D eigenvalue weighted by Gasteiger charge is 2.17. The molecule has 0 heterocycles. The number of nitrogens with one attached hydrogen (secondary N) is 1. The smallest absolute Gasteiger partial charge is 0.407 e. The summed E-state index contributed by atoms with van der Waals surface area (Å²) >= 11 is 5.99. The van der Waals surface area contributed by atoms with E-state index in [4.69, 9.17) is 16.3 Å². The molecule has 1 aromatic rings. The highest BCUT2D eigenvalue weighted by Crippen LogP contribution is 2.24. The van der Waals surface area contributed by atoms with Crippen LogP contribution in [0.4, 0.5) is 10.5 Å². The summed E-state index contributed by atoms with van der Waals surface area (Å²) in [6, 6.07) is 5.37. The number of nitrogens with zero attached hydrogens (tertiary/aromatic N) is 1. The van der Waals surface area contributed by atoms with Gasteiger partial charge in [0.15, 0.2) is 0 Å². The lowest BCUT2D eigenvalue weighted by molar-refractivity contribution is -0.116. The summed E-state index contributed by atoms with van der Waals surface area (Å²) in [4.78, 5) is 25.0. The summed E-state index contributed by atoms with van der Waals surface area (Å²) in [6.45, 7) is 9.41. The van der Waals surface area contributed by atoms with E-state index in [1.54, 1.807) is 37.8 Å². The van der Waals surface area contributed by atoms with Crippen molar-refractivity contribution >= 4 is 29.3 Å². The molecule has 0 unspecified atom stereocenters. The van der Waals surface area contributed by atoms with Crippen molar-refractivity contribution in [1.29, 1.82) is 0 Å². The number of ether oxygens (including phenoxy) is 1. The predicted octanol–water partition coefficient (Wildman–Crippen LogP) is 3.53. The van der Waals surface area contributed by atoms with Crippen molar-refractivity contribution in [3.05, 3.63) is 28.8 Å². The number of hydrogen-bond acceptors (Lipinski definition) is 3. The molecule has 1 N–H and O–H groups in total. The van der Waals surface area contributed by atoms with E-state index in [2.05, 4.69) is 5.32 Å². The molecule has 0 aliphatic rings. The minimum Gasteiger partial charge on any atom is -0.444 e. The molecule has 0 bridgehead atoms. The Morgan fingerprint density at radius 2 is 1.95 bits per heavy atom. The molecular weight excluding hydrogens is 304 g/mol. The standard InChI is InChI=1S/C16H23ClN2O3/c1-11-6-7-13(17)10-14(11)19(12(2)20)9-8-18-15(21)22-16(3,4)5/h6-7,10H,8-9H2,1-5H3,(H,18,21). The molecule has 122 valence electrons. The van der Waals surface area contributed by atoms with Gasteiger partial charge in [-0.15, -0.1) is 0 Å². The van der Waals surface area contributed by atoms with Gasteiger partial charge < -0.3 is 15.0 Å². The number of carbonyl (C=O) groups is 2. The first-order valence-electron chi connectivity index (χ1n) is 7.11. The lowest BCUT2D eigenvalue weighted by atomic mass is 10.2. The van der Waals surface area contributed by atoms with Crippen LogP contribution in [0.5, 0.6) is 0 Å². The van der Waals surface area contributed by atoms with Crippen LogP contribution < -0.4 is 10.2 Å². The number of carbonyl (C=O) groups excluding carboxylic acids is 2. The van der Waals surface area contributed by atoms with Crippen LogP contribution in [0.1, 0.15) is 33.3 Å². The lowest BCUT2D eigenvalue weighted by Gasteiger charge is -2.24. The van der Waals surface area contributed by atoms with Gasteiger partial charge in [0, 0.05) is 30.7 Å². The molecule has 5 nitrogen and oxygen atoms in total. The predicted molar refractivity (Wildman–Crippen MR) is 88.5 cm³/mol. The van der Waals surface area contributed by atoms with Crippen LogP contribution in [0.3, 0.4) is 0 Å². The number of halogens is 1. The first-order chi connectivity index (χ1) is 10.1. The summed E-state index contributed by atoms with van der Waals surface area (Å²) in [7, 11) is 0. The molecule has 2 amide bonds. The summed E-state index contributed by atoms with van der Waals surface area (Å²) < 4.78 is 5.15. The van der Waals surface area contributed by atoms with E-state index in [0.29, 0.717) is 18.1 Å². The molecule has 0 aliphatic carbocycles. The van der Waals surface area contributed by atoms with E-state index in [-0.39, 0.29) is 5.91 Å². The molecule has 0 fully saturated rings. The second-order valence-electron chi connectivity index (χ2n) is 6.03. The van der Waals surface area contributed by atoms with E-state index in [1.165, 1.54) is 6.92 Å². The Morgan fingerprint density at radius 3 is 2.50 bits per heavy atom. The highest BCUT2D eigenvalue weighted by atomic mass is 35.5. The average Bonchev–Trinajstić information content (AvgIpc) is 2.35. The number of hydrogen-bond donors (Lipinski definition) is 1. The maximum Gasteiger partial charge on any atom is 0.407 e. The zero-order chi connectivity index (χ0) is 16.9. The van der Waals surface area contributed by atoms with Crippen molar-refractivity contribution < 1.29 is 14.3 Å². The number of anilines is 1. The summed E-state index contributed by atoms with van der Waals surface area (Å²) in [5.74, 6) is -0.114. The molecule has 6 heteroatoms. The molecule has 0 aliphatic heterocycles. The molecule has 0 radical (unpaired) electrons. The quantitative estimate of drug-likeness (QED) is 0.920. The Morgan fingerprint density at radius 1 is 1.32 bits per heavy atom. The fourth-order valence-electron chi connectivity index (χ4n) is 1.90. The second-order valence-corrected chi connectivity index (χ2v) is 6.47. The maximum absolute atomic E-state index is 11.9. The molecule has 1 aromatic carbocycles. The van der Waals surface area contributed by atoms with E-state index < -0.39 is 11.7 Å². The summed E-state index contributed by atoms with van der Waals surface area (Å²) in [5.41, 5.74) is 1.14. The molecular formula is C16H23ClN2O3. The maximum atomic E-state index is 11.9. The van der Waals surface area contributed by atoms with Gasteiger partial charge in [0.25, 0.3) is 0 Å². The van der Waals surface area contributed by atoms with Gasteiger partial charge in [0.05, 0.1) is 0 Å². The zero-order valence-electron chi connectivity index (χ0n) is 13.7. The third-order valence-corrected chi connectivity index (χ3v) is 3.08. The number of alkyl carbamates (subject to hydrolysis) is 1. The van der Waals surface area contributed by atoms with E-state index in [1.807, 2.05) is 13.0 Å². The van der Waals surface area contributed by atoms with Crippen molar-refractivity contribution in [3.8, 4) is 0 Å². The summed E-state index contributed by atoms with van der Waals surface area (Å²) in [6.07, 6.45) is -0.501. The van der Waals surface area contributed by atoms with Gasteiger partial charge in [-0.2, -0.15) is 0 Å². The van der Waals surface area contributed by atoms with Crippen LogP contribution in [0.15, 0.2) is 18.2 Å². The molecule has 22 heavy (non-hydrogen) atoms. The average molecular weight is 327 g/mol. The second kappa shape index (κ2) is 7.49. The molecule has 0 spiro atoms. The Hall–Kier alpha value is -1.75. The van der Waals surface area contributed by atoms with Crippen LogP contribution in [-0.4, -0.2) is 30.7 Å². The van der Waals surface area contributed by atoms with Gasteiger partial charge >= 0.3 is 6.09 Å². The van der Waals surface area contributed by atoms with Crippen LogP contribution in [0.2, 0.25) is 5.02 Å². The zero-order valence-corrected chi connectivity index (χ0v) is 14.5. The Labute approximate surface area is 136 Å². The SMILES string of the molecule is CC(=O)N(CCNC(=O)OC(C)(C)C)c1cc(Cl)ccc1C. The van der Waals surface area contributed by atoms with Gasteiger partial charge in [-0.25, -0.2) is 4.79 Å². The van der Waals surface area contributed by atoms with Gasteiger partial charge in [-0.3, -0.25) is 4.79 Å². The molecule has 0 atom stereocenters. The van der Waals surface area contributed by atoms with E-state index in [9.17, 15) is 9.59 Å². The molecule has 0 saturated heterocycles. The third-order valence-electron chi connectivity index (χ3n) is 2.85. The molecule has 1 rings (SSSR count). The van der Waals surface area contributed by atoms with E-state index in [0.717, 1.165) is 11.3 Å². The number of aryl methyl sites for hydroxylation is 1. The normalized spacial score (nSPS) is 11.0. The minimum atomic E-state index is -0.548. The van der Waals surface area contributed by atoms with Crippen molar-refractivity contribution in [2.45, 2.75) is 40.2 Å². The van der Waals surface area contributed by atoms with Gasteiger partial charge in [0.1, 0.15) is 5.60 Å². The van der Waals surface area contributed by atoms with Crippen LogP contribution in [0, 0.1) is 6.92 Å². The number of rotatable bonds is 4. The highest BCUT2D eigenvalue weighted by molar-refractivity contribution is 6.31. The van der Waals surface area contributed by atoms with Crippen molar-refractivity contribution in [2.24, 2.45) is 0 Å². The summed E-state index contributed by atoms with van der Waals surface area (Å²) in [5, 5.41) is 3.20. The van der Waals surface area contributed by atoms with Gasteiger partial charge in [-0.1, -0.05) is 17.7 Å². The minimum absolute atomic E-state index is 0.114. The first-order valence-corrected chi connectivity index (χ1v) is 7.49. The third kappa shape index (κ3) is 5.93. The van der Waals surface area contributed by atoms with Crippen LogP contribution in [0.25, 0.3) is 0 Å². The van der Waals surface area contributed by atoms with Crippen molar-refractivity contribution in [1.82, 2.24) is 5.32 Å². The largest absolute Gasteiger partial charge is 0.444 e. The van der Waals surface area contributed by atoms with Crippen LogP contribution >= 0.6 is 11.6 Å². The topological polar surface area (TPSA) is 58.6 Å². The van der Waals surface area contributed by atoms with Crippen molar-refractivity contribution in [3.63, 3.8) is 0 Å². The number of benzene rings is 1. The fraction of sp³-hybridized carbons (Fsp3) is 0.500. The Bertz CT molecular complexity index is 553. The molecule has 0 saturated carbocycles. The van der Waals surface area contributed by atoms with Gasteiger partial charge in [0.2, 0.25) is 5.91 Å².